The number of benzene rings is 1. The number of carbonyl (C=O) groups excluding carboxylic acids is 1. The second-order valence-corrected chi connectivity index (χ2v) is 4.78. The van der Waals surface area contributed by atoms with Crippen LogP contribution in [0.2, 0.25) is 5.02 Å². The highest BCUT2D eigenvalue weighted by molar-refractivity contribution is 9.10. The molecule has 0 saturated heterocycles. The molecular weight excluding hydrogens is 305 g/mol. The zero-order valence-electron chi connectivity index (χ0n) is 9.25. The lowest BCUT2D eigenvalue weighted by molar-refractivity contribution is 0.0600. The fourth-order valence-corrected chi connectivity index (χ4v) is 2.20. The summed E-state index contributed by atoms with van der Waals surface area (Å²) in [5.74, 6) is -0.482. The summed E-state index contributed by atoms with van der Waals surface area (Å²) < 4.78 is 5.61. The van der Waals surface area contributed by atoms with E-state index in [0.29, 0.717) is 5.02 Å². The molecule has 0 radical (unpaired) electrons. The molecule has 0 fully saturated rings. The first-order chi connectivity index (χ1) is 8.06. The summed E-state index contributed by atoms with van der Waals surface area (Å²) >= 11 is 9.61. The van der Waals surface area contributed by atoms with Crippen LogP contribution in [0.5, 0.6) is 0 Å². The Labute approximate surface area is 112 Å². The van der Waals surface area contributed by atoms with E-state index in [1.165, 1.54) is 13.3 Å². The molecule has 0 spiro atoms. The molecule has 1 aromatic carbocycles. The molecule has 5 heteroatoms. The van der Waals surface area contributed by atoms with Crippen LogP contribution in [0.3, 0.4) is 0 Å². The van der Waals surface area contributed by atoms with Crippen LogP contribution < -0.4 is 0 Å². The Morgan fingerprint density at radius 2 is 2.18 bits per heavy atom. The van der Waals surface area contributed by atoms with Gasteiger partial charge in [-0.3, -0.25) is 4.98 Å². The number of methoxy groups -OCH3 is 1. The summed E-state index contributed by atoms with van der Waals surface area (Å²) in [5.41, 5.74) is 2.04. The second-order valence-electron chi connectivity index (χ2n) is 3.55. The van der Waals surface area contributed by atoms with E-state index in [1.54, 1.807) is 0 Å². The molecule has 88 valence electrons. The van der Waals surface area contributed by atoms with Crippen molar-refractivity contribution in [2.75, 3.05) is 7.11 Å². The highest BCUT2D eigenvalue weighted by atomic mass is 79.9. The number of fused-ring (bicyclic) bond motifs is 1. The van der Waals surface area contributed by atoms with Gasteiger partial charge in [0.1, 0.15) is 0 Å². The van der Waals surface area contributed by atoms with Gasteiger partial charge in [-0.25, -0.2) is 4.79 Å². The summed E-state index contributed by atoms with van der Waals surface area (Å²) in [7, 11) is 1.32. The zero-order chi connectivity index (χ0) is 12.6. The quantitative estimate of drug-likeness (QED) is 0.753. The van der Waals surface area contributed by atoms with Gasteiger partial charge in [0.25, 0.3) is 0 Å². The number of halogens is 2. The summed E-state index contributed by atoms with van der Waals surface area (Å²) in [6, 6.07) is 3.71. The first-order valence-electron chi connectivity index (χ1n) is 4.88. The minimum Gasteiger partial charge on any atom is -0.465 e. The molecule has 17 heavy (non-hydrogen) atoms. The lowest BCUT2D eigenvalue weighted by Crippen LogP contribution is -2.03. The fourth-order valence-electron chi connectivity index (χ4n) is 1.60. The molecule has 1 heterocycles. The van der Waals surface area contributed by atoms with Crippen LogP contribution in [0.1, 0.15) is 15.9 Å². The van der Waals surface area contributed by atoms with Gasteiger partial charge in [-0.05, 0) is 18.6 Å². The molecule has 0 bridgehead atoms. The van der Waals surface area contributed by atoms with Gasteiger partial charge in [0.05, 0.1) is 23.2 Å². The molecule has 2 aromatic rings. The van der Waals surface area contributed by atoms with Crippen LogP contribution in [-0.4, -0.2) is 18.1 Å². The number of hydrogen-bond donors (Lipinski definition) is 0. The maximum Gasteiger partial charge on any atom is 0.340 e. The van der Waals surface area contributed by atoms with E-state index in [1.807, 2.05) is 19.1 Å². The first kappa shape index (κ1) is 12.3. The average Bonchev–Trinajstić information content (AvgIpc) is 2.33. The number of carbonyl (C=O) groups is 1. The van der Waals surface area contributed by atoms with E-state index in [4.69, 9.17) is 11.6 Å². The van der Waals surface area contributed by atoms with Gasteiger partial charge in [0, 0.05) is 16.1 Å². The predicted molar refractivity (Wildman–Crippen MR) is 70.5 cm³/mol. The minimum atomic E-state index is -0.482. The van der Waals surface area contributed by atoms with E-state index >= 15 is 0 Å². The Balaban J connectivity index is 2.77. The zero-order valence-corrected chi connectivity index (χ0v) is 11.6. The Kier molecular flexibility index (Phi) is 3.35. The minimum absolute atomic E-state index is 0.281. The maximum absolute atomic E-state index is 11.5. The van der Waals surface area contributed by atoms with Gasteiger partial charge >= 0.3 is 5.97 Å². The molecule has 0 aliphatic rings. The number of pyridine rings is 1. The number of esters is 1. The van der Waals surface area contributed by atoms with Gasteiger partial charge in [-0.1, -0.05) is 33.6 Å². The molecule has 0 saturated carbocycles. The van der Waals surface area contributed by atoms with Crippen molar-refractivity contribution in [2.24, 2.45) is 0 Å². The third kappa shape index (κ3) is 2.03. The van der Waals surface area contributed by atoms with Crippen LogP contribution in [0.4, 0.5) is 0 Å². The molecule has 0 amide bonds. The normalized spacial score (nSPS) is 10.6. The monoisotopic (exact) mass is 313 g/mol. The summed E-state index contributed by atoms with van der Waals surface area (Å²) in [5, 5.41) is 1.12. The third-order valence-electron chi connectivity index (χ3n) is 2.57. The molecular formula is C12H9BrClNO2. The number of rotatable bonds is 1. The van der Waals surface area contributed by atoms with Crippen molar-refractivity contribution in [2.45, 2.75) is 6.92 Å². The van der Waals surface area contributed by atoms with Crippen molar-refractivity contribution in [3.63, 3.8) is 0 Å². The smallest absolute Gasteiger partial charge is 0.340 e. The van der Waals surface area contributed by atoms with E-state index in [2.05, 4.69) is 25.7 Å². The highest BCUT2D eigenvalue weighted by Crippen LogP contribution is 2.31. The third-order valence-corrected chi connectivity index (χ3v) is 3.83. The van der Waals surface area contributed by atoms with Crippen molar-refractivity contribution in [3.05, 3.63) is 39.0 Å². The average molecular weight is 315 g/mol. The SMILES string of the molecule is COC(=O)c1cnc2c(C)c(Br)ccc2c1Cl. The van der Waals surface area contributed by atoms with Crippen molar-refractivity contribution in [3.8, 4) is 0 Å². The Morgan fingerprint density at radius 1 is 1.47 bits per heavy atom. The molecule has 2 rings (SSSR count). The van der Waals surface area contributed by atoms with E-state index in [-0.39, 0.29) is 5.56 Å². The Bertz CT molecular complexity index is 613. The van der Waals surface area contributed by atoms with Gasteiger partial charge < -0.3 is 4.74 Å². The Morgan fingerprint density at radius 3 is 2.82 bits per heavy atom. The van der Waals surface area contributed by atoms with Gasteiger partial charge in [-0.15, -0.1) is 0 Å². The van der Waals surface area contributed by atoms with Crippen LogP contribution >= 0.6 is 27.5 Å². The summed E-state index contributed by atoms with van der Waals surface area (Å²) in [6.07, 6.45) is 1.44. The summed E-state index contributed by atoms with van der Waals surface area (Å²) in [4.78, 5) is 15.7. The fraction of sp³-hybridized carbons (Fsp3) is 0.167. The van der Waals surface area contributed by atoms with Crippen LogP contribution in [-0.2, 0) is 4.74 Å². The number of aromatic nitrogens is 1. The van der Waals surface area contributed by atoms with Crippen molar-refractivity contribution in [1.29, 1.82) is 0 Å². The van der Waals surface area contributed by atoms with Gasteiger partial charge in [-0.2, -0.15) is 0 Å². The number of aryl methyl sites for hydroxylation is 1. The topological polar surface area (TPSA) is 39.2 Å². The molecule has 0 atom stereocenters. The lowest BCUT2D eigenvalue weighted by atomic mass is 10.1. The highest BCUT2D eigenvalue weighted by Gasteiger charge is 2.15. The van der Waals surface area contributed by atoms with E-state index < -0.39 is 5.97 Å². The number of hydrogen-bond acceptors (Lipinski definition) is 3. The molecule has 0 aliphatic carbocycles. The van der Waals surface area contributed by atoms with Crippen molar-refractivity contribution in [1.82, 2.24) is 4.98 Å². The molecule has 0 aliphatic heterocycles. The molecule has 1 aromatic heterocycles. The number of nitrogens with zero attached hydrogens (tertiary/aromatic N) is 1. The molecule has 0 unspecified atom stereocenters. The summed E-state index contributed by atoms with van der Waals surface area (Å²) in [6.45, 7) is 1.94. The van der Waals surface area contributed by atoms with Crippen molar-refractivity contribution >= 4 is 44.4 Å². The van der Waals surface area contributed by atoms with Crippen molar-refractivity contribution < 1.29 is 9.53 Å². The van der Waals surface area contributed by atoms with E-state index in [0.717, 1.165) is 20.9 Å². The lowest BCUT2D eigenvalue weighted by Gasteiger charge is -2.08. The predicted octanol–water partition coefficient (Wildman–Crippen LogP) is 3.75. The van der Waals surface area contributed by atoms with Gasteiger partial charge in [0.2, 0.25) is 0 Å². The number of ether oxygens (including phenoxy) is 1. The largest absolute Gasteiger partial charge is 0.465 e. The van der Waals surface area contributed by atoms with Crippen LogP contribution in [0, 0.1) is 6.92 Å². The maximum atomic E-state index is 11.5. The Hall–Kier alpha value is -1.13. The first-order valence-corrected chi connectivity index (χ1v) is 6.05. The van der Waals surface area contributed by atoms with Gasteiger partial charge in [0.15, 0.2) is 0 Å². The second kappa shape index (κ2) is 4.63. The standard InChI is InChI=1S/C12H9BrClNO2/c1-6-9(13)4-3-7-10(14)8(12(16)17-2)5-15-11(6)7/h3-5H,1-2H3. The molecule has 3 nitrogen and oxygen atoms in total. The van der Waals surface area contributed by atoms with E-state index in [9.17, 15) is 4.79 Å². The van der Waals surface area contributed by atoms with Crippen LogP contribution in [0.15, 0.2) is 22.8 Å². The van der Waals surface area contributed by atoms with Crippen LogP contribution in [0.25, 0.3) is 10.9 Å². The molecule has 0 N–H and O–H groups in total.